The highest BCUT2D eigenvalue weighted by Crippen LogP contribution is 2.00. The lowest BCUT2D eigenvalue weighted by molar-refractivity contribution is -0.137. The Balaban J connectivity index is 2.26. The number of ketones is 1. The van der Waals surface area contributed by atoms with Gasteiger partial charge in [0.05, 0.1) is 6.54 Å². The standard InChI is InChI=1S/C13H19N3O4/c1-10(17)9-11-5-6-15-16(11)8-7-14-12(18)3-2-4-13(19)20/h5-6H,2-4,7-9H2,1H3,(H,14,18)(H,19,20). The van der Waals surface area contributed by atoms with Crippen LogP contribution in [0.15, 0.2) is 12.3 Å². The van der Waals surface area contributed by atoms with Crippen LogP contribution in [0.1, 0.15) is 31.9 Å². The molecule has 0 saturated carbocycles. The van der Waals surface area contributed by atoms with E-state index in [1.807, 2.05) is 0 Å². The number of carbonyl (C=O) groups excluding carboxylic acids is 2. The summed E-state index contributed by atoms with van der Waals surface area (Å²) < 4.78 is 1.68. The van der Waals surface area contributed by atoms with Gasteiger partial charge in [-0.05, 0) is 19.4 Å². The molecule has 0 radical (unpaired) electrons. The Kier molecular flexibility index (Phi) is 6.42. The Morgan fingerprint density at radius 2 is 2.10 bits per heavy atom. The number of carboxylic acid groups (broad SMARTS) is 1. The van der Waals surface area contributed by atoms with Crippen molar-refractivity contribution >= 4 is 17.7 Å². The normalized spacial score (nSPS) is 10.2. The van der Waals surface area contributed by atoms with E-state index in [2.05, 4.69) is 10.4 Å². The van der Waals surface area contributed by atoms with Crippen LogP contribution in [0.25, 0.3) is 0 Å². The molecule has 110 valence electrons. The van der Waals surface area contributed by atoms with Crippen molar-refractivity contribution in [2.45, 2.75) is 39.2 Å². The van der Waals surface area contributed by atoms with Gasteiger partial charge in [-0.25, -0.2) is 0 Å². The van der Waals surface area contributed by atoms with E-state index in [1.165, 1.54) is 6.92 Å². The van der Waals surface area contributed by atoms with Crippen LogP contribution in [-0.2, 0) is 27.3 Å². The lowest BCUT2D eigenvalue weighted by Gasteiger charge is -2.08. The number of Topliss-reactive ketones (excluding diaryl/α,β-unsaturated/α-hetero) is 1. The minimum Gasteiger partial charge on any atom is -0.481 e. The molecule has 1 amide bonds. The molecule has 0 fully saturated rings. The topological polar surface area (TPSA) is 101 Å². The van der Waals surface area contributed by atoms with Crippen molar-refractivity contribution in [3.05, 3.63) is 18.0 Å². The first kappa shape index (κ1) is 15.9. The maximum Gasteiger partial charge on any atom is 0.303 e. The molecule has 0 unspecified atom stereocenters. The van der Waals surface area contributed by atoms with Crippen LogP contribution >= 0.6 is 0 Å². The maximum absolute atomic E-state index is 11.4. The highest BCUT2D eigenvalue weighted by molar-refractivity contribution is 5.77. The monoisotopic (exact) mass is 281 g/mol. The van der Waals surface area contributed by atoms with Gasteiger partial charge in [0, 0.05) is 37.7 Å². The van der Waals surface area contributed by atoms with Crippen LogP contribution < -0.4 is 5.32 Å². The largest absolute Gasteiger partial charge is 0.481 e. The molecular formula is C13H19N3O4. The number of aromatic nitrogens is 2. The quantitative estimate of drug-likeness (QED) is 0.681. The third-order valence-electron chi connectivity index (χ3n) is 2.67. The Bertz CT molecular complexity index is 482. The number of rotatable bonds is 9. The molecule has 1 aromatic rings. The van der Waals surface area contributed by atoms with Gasteiger partial charge < -0.3 is 10.4 Å². The molecule has 0 saturated heterocycles. The van der Waals surface area contributed by atoms with Gasteiger partial charge in [-0.2, -0.15) is 5.10 Å². The zero-order chi connectivity index (χ0) is 15.0. The Hall–Kier alpha value is -2.18. The zero-order valence-corrected chi connectivity index (χ0v) is 11.5. The smallest absolute Gasteiger partial charge is 0.303 e. The third-order valence-corrected chi connectivity index (χ3v) is 2.67. The van der Waals surface area contributed by atoms with E-state index in [9.17, 15) is 14.4 Å². The summed E-state index contributed by atoms with van der Waals surface area (Å²) >= 11 is 0. The molecule has 1 rings (SSSR count). The minimum absolute atomic E-state index is 0.00463. The molecule has 7 nitrogen and oxygen atoms in total. The zero-order valence-electron chi connectivity index (χ0n) is 11.5. The number of hydrogen-bond donors (Lipinski definition) is 2. The fourth-order valence-corrected chi connectivity index (χ4v) is 1.76. The second kappa shape index (κ2) is 8.08. The summed E-state index contributed by atoms with van der Waals surface area (Å²) in [6.07, 6.45) is 2.47. The van der Waals surface area contributed by atoms with Gasteiger partial charge in [0.15, 0.2) is 0 Å². The first-order chi connectivity index (χ1) is 9.49. The van der Waals surface area contributed by atoms with Crippen LogP contribution in [0.4, 0.5) is 0 Å². The average Bonchev–Trinajstić information content (AvgIpc) is 2.75. The van der Waals surface area contributed by atoms with Crippen molar-refractivity contribution in [3.8, 4) is 0 Å². The fourth-order valence-electron chi connectivity index (χ4n) is 1.76. The number of nitrogens with zero attached hydrogens (tertiary/aromatic N) is 2. The number of nitrogens with one attached hydrogen (secondary N) is 1. The van der Waals surface area contributed by atoms with Gasteiger partial charge in [0.1, 0.15) is 5.78 Å². The second-order valence-corrected chi connectivity index (χ2v) is 4.52. The summed E-state index contributed by atoms with van der Waals surface area (Å²) in [4.78, 5) is 32.8. The second-order valence-electron chi connectivity index (χ2n) is 4.52. The van der Waals surface area contributed by atoms with Gasteiger partial charge in [0.25, 0.3) is 0 Å². The molecule has 2 N–H and O–H groups in total. The van der Waals surface area contributed by atoms with Gasteiger partial charge in [0.2, 0.25) is 5.91 Å². The number of carboxylic acids is 1. The highest BCUT2D eigenvalue weighted by Gasteiger charge is 2.06. The van der Waals surface area contributed by atoms with Gasteiger partial charge in [-0.1, -0.05) is 0 Å². The van der Waals surface area contributed by atoms with Crippen molar-refractivity contribution in [1.29, 1.82) is 0 Å². The molecule has 0 aromatic carbocycles. The predicted octanol–water partition coefficient (Wildman–Crippen LogP) is 0.386. The van der Waals surface area contributed by atoms with Crippen LogP contribution in [-0.4, -0.2) is 39.1 Å². The van der Waals surface area contributed by atoms with E-state index in [1.54, 1.807) is 16.9 Å². The Morgan fingerprint density at radius 1 is 1.35 bits per heavy atom. The van der Waals surface area contributed by atoms with Crippen molar-refractivity contribution in [2.24, 2.45) is 0 Å². The summed E-state index contributed by atoms with van der Waals surface area (Å²) in [7, 11) is 0. The molecule has 1 aromatic heterocycles. The van der Waals surface area contributed by atoms with Crippen molar-refractivity contribution < 1.29 is 19.5 Å². The summed E-state index contributed by atoms with van der Waals surface area (Å²) in [5, 5.41) is 15.2. The van der Waals surface area contributed by atoms with E-state index < -0.39 is 5.97 Å². The highest BCUT2D eigenvalue weighted by atomic mass is 16.4. The SMILES string of the molecule is CC(=O)Cc1ccnn1CCNC(=O)CCCC(=O)O. The summed E-state index contributed by atoms with van der Waals surface area (Å²) in [5.41, 5.74) is 0.817. The Morgan fingerprint density at radius 3 is 2.75 bits per heavy atom. The molecular weight excluding hydrogens is 262 g/mol. The molecule has 0 aliphatic carbocycles. The van der Waals surface area contributed by atoms with Crippen LogP contribution in [0.2, 0.25) is 0 Å². The predicted molar refractivity (Wildman–Crippen MR) is 71.1 cm³/mol. The number of carbonyl (C=O) groups is 3. The van der Waals surface area contributed by atoms with Crippen LogP contribution in [0, 0.1) is 0 Å². The van der Waals surface area contributed by atoms with Crippen LogP contribution in [0.3, 0.4) is 0 Å². The molecule has 0 spiro atoms. The summed E-state index contributed by atoms with van der Waals surface area (Å²) in [5.74, 6) is -1.01. The molecule has 0 aliphatic heterocycles. The molecule has 0 bridgehead atoms. The first-order valence-electron chi connectivity index (χ1n) is 6.47. The Labute approximate surface area is 117 Å². The van der Waals surface area contributed by atoms with Crippen molar-refractivity contribution in [2.75, 3.05) is 6.54 Å². The average molecular weight is 281 g/mol. The molecule has 0 atom stereocenters. The van der Waals surface area contributed by atoms with E-state index in [-0.39, 0.29) is 24.5 Å². The molecule has 1 heterocycles. The van der Waals surface area contributed by atoms with Crippen LogP contribution in [0.5, 0.6) is 0 Å². The van der Waals surface area contributed by atoms with Gasteiger partial charge in [-0.15, -0.1) is 0 Å². The number of aliphatic carboxylic acids is 1. The molecule has 20 heavy (non-hydrogen) atoms. The molecule has 0 aliphatic rings. The van der Waals surface area contributed by atoms with Gasteiger partial charge >= 0.3 is 5.97 Å². The van der Waals surface area contributed by atoms with Crippen molar-refractivity contribution in [1.82, 2.24) is 15.1 Å². The lowest BCUT2D eigenvalue weighted by atomic mass is 10.2. The maximum atomic E-state index is 11.4. The lowest BCUT2D eigenvalue weighted by Crippen LogP contribution is -2.28. The fraction of sp³-hybridized carbons (Fsp3) is 0.538. The van der Waals surface area contributed by atoms with Gasteiger partial charge in [-0.3, -0.25) is 19.1 Å². The third kappa shape index (κ3) is 6.12. The summed E-state index contributed by atoms with van der Waals surface area (Å²) in [6, 6.07) is 1.77. The summed E-state index contributed by atoms with van der Waals surface area (Å²) in [6.45, 7) is 2.40. The van der Waals surface area contributed by atoms with E-state index in [0.29, 0.717) is 25.9 Å². The number of hydrogen-bond acceptors (Lipinski definition) is 4. The first-order valence-corrected chi connectivity index (χ1v) is 6.47. The number of amides is 1. The van der Waals surface area contributed by atoms with E-state index in [0.717, 1.165) is 5.69 Å². The van der Waals surface area contributed by atoms with E-state index in [4.69, 9.17) is 5.11 Å². The van der Waals surface area contributed by atoms with E-state index >= 15 is 0 Å². The minimum atomic E-state index is -0.900. The van der Waals surface area contributed by atoms with Crippen molar-refractivity contribution in [3.63, 3.8) is 0 Å². The molecule has 7 heteroatoms.